The molecule has 2 aromatic rings. The molecule has 1 fully saturated rings. The normalized spacial score (nSPS) is 15.2. The lowest BCUT2D eigenvalue weighted by molar-refractivity contribution is 0.312. The van der Waals surface area contributed by atoms with E-state index in [-0.39, 0.29) is 24.0 Å². The standard InChI is InChI=1S/C20H29ClN6S.HI/c1-14-15(2)28-19(25-14)13-24-20(22-3)23-12-16-17(21)6-5-7-18(16)27-10-8-26(4)9-11-27;/h5-7H,8-13H2,1-4H3,(H2,22,23,24);1H. The van der Waals surface area contributed by atoms with Gasteiger partial charge in [-0.1, -0.05) is 17.7 Å². The van der Waals surface area contributed by atoms with Gasteiger partial charge in [0.1, 0.15) is 5.01 Å². The zero-order valence-electron chi connectivity index (χ0n) is 17.5. The summed E-state index contributed by atoms with van der Waals surface area (Å²) in [5.41, 5.74) is 3.41. The van der Waals surface area contributed by atoms with E-state index >= 15 is 0 Å². The molecule has 0 radical (unpaired) electrons. The van der Waals surface area contributed by atoms with E-state index in [1.807, 2.05) is 19.1 Å². The number of aliphatic imine (C=N–C) groups is 1. The second-order valence-electron chi connectivity index (χ2n) is 7.06. The summed E-state index contributed by atoms with van der Waals surface area (Å²) in [4.78, 5) is 14.9. The molecule has 1 aliphatic heterocycles. The van der Waals surface area contributed by atoms with Gasteiger partial charge in [0.05, 0.1) is 12.2 Å². The van der Waals surface area contributed by atoms with Gasteiger partial charge >= 0.3 is 0 Å². The molecule has 160 valence electrons. The lowest BCUT2D eigenvalue weighted by Gasteiger charge is -2.35. The number of halogens is 2. The Morgan fingerprint density at radius 2 is 1.86 bits per heavy atom. The molecule has 3 rings (SSSR count). The third-order valence-corrected chi connectivity index (χ3v) is 6.50. The zero-order chi connectivity index (χ0) is 20.1. The summed E-state index contributed by atoms with van der Waals surface area (Å²) in [5.74, 6) is 0.745. The first-order chi connectivity index (χ1) is 13.5. The van der Waals surface area contributed by atoms with E-state index in [0.29, 0.717) is 13.1 Å². The number of thiazole rings is 1. The molecule has 2 heterocycles. The molecular weight excluding hydrogens is 519 g/mol. The molecular formula is C20H30ClIN6S. The van der Waals surface area contributed by atoms with Crippen molar-refractivity contribution in [3.8, 4) is 0 Å². The average molecular weight is 549 g/mol. The Kier molecular flexibility index (Phi) is 9.45. The van der Waals surface area contributed by atoms with E-state index in [2.05, 4.69) is 50.4 Å². The van der Waals surface area contributed by atoms with Crippen LogP contribution in [0.2, 0.25) is 5.02 Å². The Morgan fingerprint density at radius 3 is 2.48 bits per heavy atom. The first-order valence-corrected chi connectivity index (χ1v) is 10.8. The molecule has 2 N–H and O–H groups in total. The number of rotatable bonds is 5. The fourth-order valence-corrected chi connectivity index (χ4v) is 4.34. The van der Waals surface area contributed by atoms with Gasteiger partial charge in [-0.2, -0.15) is 0 Å². The van der Waals surface area contributed by atoms with Crippen molar-refractivity contribution in [1.29, 1.82) is 0 Å². The first kappa shape index (κ1) is 24.2. The first-order valence-electron chi connectivity index (χ1n) is 9.56. The van der Waals surface area contributed by atoms with Gasteiger partial charge in [-0.05, 0) is 33.0 Å². The zero-order valence-corrected chi connectivity index (χ0v) is 21.4. The van der Waals surface area contributed by atoms with Crippen LogP contribution in [0, 0.1) is 13.8 Å². The van der Waals surface area contributed by atoms with Crippen molar-refractivity contribution < 1.29 is 0 Å². The van der Waals surface area contributed by atoms with E-state index in [0.717, 1.165) is 53.4 Å². The van der Waals surface area contributed by atoms with Crippen molar-refractivity contribution in [2.75, 3.05) is 45.2 Å². The van der Waals surface area contributed by atoms with Gasteiger partial charge in [-0.15, -0.1) is 35.3 Å². The Balaban J connectivity index is 0.00000300. The predicted octanol–water partition coefficient (Wildman–Crippen LogP) is 3.65. The van der Waals surface area contributed by atoms with Gasteiger partial charge in [0.15, 0.2) is 5.96 Å². The molecule has 0 saturated carbocycles. The van der Waals surface area contributed by atoms with E-state index in [1.165, 1.54) is 10.6 Å². The number of nitrogens with one attached hydrogen (secondary N) is 2. The third-order valence-electron chi connectivity index (χ3n) is 5.07. The molecule has 1 aromatic carbocycles. The van der Waals surface area contributed by atoms with E-state index in [9.17, 15) is 0 Å². The maximum Gasteiger partial charge on any atom is 0.191 e. The molecule has 1 aromatic heterocycles. The summed E-state index contributed by atoms with van der Waals surface area (Å²) in [5, 5.41) is 8.59. The second kappa shape index (κ2) is 11.3. The summed E-state index contributed by atoms with van der Waals surface area (Å²) in [6.07, 6.45) is 0. The number of piperazine rings is 1. The van der Waals surface area contributed by atoms with Crippen LogP contribution in [0.25, 0.3) is 0 Å². The quantitative estimate of drug-likeness (QED) is 0.339. The van der Waals surface area contributed by atoms with Crippen LogP contribution in [0.15, 0.2) is 23.2 Å². The molecule has 9 heteroatoms. The van der Waals surface area contributed by atoms with Gasteiger partial charge in [0.25, 0.3) is 0 Å². The van der Waals surface area contributed by atoms with Crippen LogP contribution in [0.1, 0.15) is 21.1 Å². The molecule has 0 aliphatic carbocycles. The monoisotopic (exact) mass is 548 g/mol. The summed E-state index contributed by atoms with van der Waals surface area (Å²) in [6, 6.07) is 6.14. The average Bonchev–Trinajstić information content (AvgIpc) is 3.01. The van der Waals surface area contributed by atoms with Gasteiger partial charge < -0.3 is 20.4 Å². The number of likely N-dealkylation sites (N-methyl/N-ethyl adjacent to an activating group) is 1. The molecule has 0 unspecified atom stereocenters. The lowest BCUT2D eigenvalue weighted by atomic mass is 10.1. The van der Waals surface area contributed by atoms with Crippen LogP contribution >= 0.6 is 46.9 Å². The second-order valence-corrected chi connectivity index (χ2v) is 8.75. The summed E-state index contributed by atoms with van der Waals surface area (Å²) in [7, 11) is 3.94. The highest BCUT2D eigenvalue weighted by Crippen LogP contribution is 2.28. The van der Waals surface area contributed by atoms with E-state index < -0.39 is 0 Å². The number of aryl methyl sites for hydroxylation is 2. The predicted molar refractivity (Wildman–Crippen MR) is 135 cm³/mol. The number of aromatic nitrogens is 1. The van der Waals surface area contributed by atoms with Crippen molar-refractivity contribution in [3.05, 3.63) is 44.4 Å². The Hall–Kier alpha value is -1.10. The third kappa shape index (κ3) is 6.44. The van der Waals surface area contributed by atoms with Crippen LogP contribution in [0.5, 0.6) is 0 Å². The highest BCUT2D eigenvalue weighted by Gasteiger charge is 2.18. The van der Waals surface area contributed by atoms with Gasteiger partial charge in [0.2, 0.25) is 0 Å². The largest absolute Gasteiger partial charge is 0.369 e. The fraction of sp³-hybridized carbons (Fsp3) is 0.500. The van der Waals surface area contributed by atoms with Gasteiger partial charge in [-0.3, -0.25) is 4.99 Å². The van der Waals surface area contributed by atoms with Crippen molar-refractivity contribution in [2.45, 2.75) is 26.9 Å². The highest BCUT2D eigenvalue weighted by molar-refractivity contribution is 14.0. The smallest absolute Gasteiger partial charge is 0.191 e. The van der Waals surface area contributed by atoms with E-state index in [4.69, 9.17) is 11.6 Å². The minimum absolute atomic E-state index is 0. The topological polar surface area (TPSA) is 55.8 Å². The van der Waals surface area contributed by atoms with E-state index in [1.54, 1.807) is 18.4 Å². The van der Waals surface area contributed by atoms with Crippen LogP contribution in [0.3, 0.4) is 0 Å². The molecule has 1 aliphatic rings. The number of hydrogen-bond donors (Lipinski definition) is 2. The molecule has 0 atom stereocenters. The molecule has 0 amide bonds. The van der Waals surface area contributed by atoms with Crippen molar-refractivity contribution in [1.82, 2.24) is 20.5 Å². The van der Waals surface area contributed by atoms with Gasteiger partial charge in [0, 0.05) is 60.9 Å². The minimum atomic E-state index is 0. The number of nitrogens with zero attached hydrogens (tertiary/aromatic N) is 4. The summed E-state index contributed by atoms with van der Waals surface area (Å²) >= 11 is 8.27. The Morgan fingerprint density at radius 1 is 1.17 bits per heavy atom. The SMILES string of the molecule is CN=C(NCc1nc(C)c(C)s1)NCc1c(Cl)cccc1N1CCN(C)CC1.I. The van der Waals surface area contributed by atoms with Crippen LogP contribution < -0.4 is 15.5 Å². The van der Waals surface area contributed by atoms with Crippen molar-refractivity contribution >= 4 is 58.6 Å². The van der Waals surface area contributed by atoms with Crippen LogP contribution in [0.4, 0.5) is 5.69 Å². The Bertz CT molecular complexity index is 813. The molecule has 0 bridgehead atoms. The molecule has 6 nitrogen and oxygen atoms in total. The molecule has 0 spiro atoms. The van der Waals surface area contributed by atoms with Crippen molar-refractivity contribution in [3.63, 3.8) is 0 Å². The maximum atomic E-state index is 6.55. The highest BCUT2D eigenvalue weighted by atomic mass is 127. The molecule has 1 saturated heterocycles. The number of guanidine groups is 1. The minimum Gasteiger partial charge on any atom is -0.369 e. The Labute approximate surface area is 199 Å². The summed E-state index contributed by atoms with van der Waals surface area (Å²) in [6.45, 7) is 9.58. The van der Waals surface area contributed by atoms with Crippen LogP contribution in [-0.4, -0.2) is 56.1 Å². The number of anilines is 1. The number of hydrogen-bond acceptors (Lipinski definition) is 5. The maximum absolute atomic E-state index is 6.55. The lowest BCUT2D eigenvalue weighted by Crippen LogP contribution is -2.45. The van der Waals surface area contributed by atoms with Crippen molar-refractivity contribution in [2.24, 2.45) is 4.99 Å². The summed E-state index contributed by atoms with van der Waals surface area (Å²) < 4.78 is 0. The van der Waals surface area contributed by atoms with Gasteiger partial charge in [-0.25, -0.2) is 4.98 Å². The van der Waals surface area contributed by atoms with Crippen LogP contribution in [-0.2, 0) is 13.1 Å². The number of benzene rings is 1. The fourth-order valence-electron chi connectivity index (χ4n) is 3.23. The molecule has 29 heavy (non-hydrogen) atoms.